The van der Waals surface area contributed by atoms with Gasteiger partial charge in [-0.05, 0) is 28.8 Å². The van der Waals surface area contributed by atoms with Crippen LogP contribution in [0.5, 0.6) is 17.2 Å². The number of carbonyl (C=O) groups is 1. The van der Waals surface area contributed by atoms with Gasteiger partial charge in [0.25, 0.3) is 0 Å². The minimum absolute atomic E-state index is 0.0103. The summed E-state index contributed by atoms with van der Waals surface area (Å²) in [5.41, 5.74) is 2.58. The number of methoxy groups -OCH3 is 3. The number of carboxylic acid groups (broad SMARTS) is 1. The van der Waals surface area contributed by atoms with Crippen LogP contribution in [0.3, 0.4) is 0 Å². The predicted octanol–water partition coefficient (Wildman–Crippen LogP) is 4.07. The molecule has 0 amide bonds. The van der Waals surface area contributed by atoms with E-state index in [0.29, 0.717) is 33.9 Å². The maximum absolute atomic E-state index is 11.3. The van der Waals surface area contributed by atoms with Crippen molar-refractivity contribution in [1.82, 2.24) is 0 Å². The molecule has 0 radical (unpaired) electrons. The van der Waals surface area contributed by atoms with Gasteiger partial charge in [-0.1, -0.05) is 37.4 Å². The Morgan fingerprint density at radius 3 is 2.45 bits per heavy atom. The third-order valence-electron chi connectivity index (χ3n) is 4.12. The number of aliphatic carboxylic acids is 1. The average molecular weight is 400 g/mol. The molecule has 0 heterocycles. The third kappa shape index (κ3) is 4.96. The fourth-order valence-electron chi connectivity index (χ4n) is 2.78. The second kappa shape index (κ2) is 10.3. The molecular formula is C22H24O7. The van der Waals surface area contributed by atoms with Crippen LogP contribution in [0, 0.1) is 0 Å². The molecule has 0 aliphatic rings. The lowest BCUT2D eigenvalue weighted by Gasteiger charge is -2.20. The van der Waals surface area contributed by atoms with Gasteiger partial charge in [0.05, 0.1) is 19.8 Å². The number of hydrogen-bond donors (Lipinski definition) is 1. The highest BCUT2D eigenvalue weighted by molar-refractivity contribution is 6.14. The Kier molecular flexibility index (Phi) is 7.82. The van der Waals surface area contributed by atoms with E-state index in [0.717, 1.165) is 5.56 Å². The molecule has 0 saturated heterocycles. The Bertz CT molecular complexity index is 902. The summed E-state index contributed by atoms with van der Waals surface area (Å²) in [6, 6.07) is 8.74. The molecule has 0 bridgehead atoms. The van der Waals surface area contributed by atoms with Crippen LogP contribution < -0.4 is 14.2 Å². The number of hydrogen-bond acceptors (Lipinski definition) is 6. The van der Waals surface area contributed by atoms with Gasteiger partial charge in [-0.25, -0.2) is 4.79 Å². The molecule has 1 N–H and O–H groups in total. The van der Waals surface area contributed by atoms with Crippen molar-refractivity contribution in [2.24, 2.45) is 0 Å². The average Bonchev–Trinajstić information content (AvgIpc) is 2.75. The summed E-state index contributed by atoms with van der Waals surface area (Å²) in [4.78, 5) is 11.3. The van der Waals surface area contributed by atoms with E-state index in [1.165, 1.54) is 21.3 Å². The van der Waals surface area contributed by atoms with E-state index in [1.807, 2.05) is 6.07 Å². The van der Waals surface area contributed by atoms with Gasteiger partial charge in [0, 0.05) is 12.7 Å². The van der Waals surface area contributed by atoms with Crippen molar-refractivity contribution >= 4 is 17.6 Å². The van der Waals surface area contributed by atoms with Gasteiger partial charge < -0.3 is 28.8 Å². The summed E-state index contributed by atoms with van der Waals surface area (Å²) < 4.78 is 26.9. The third-order valence-corrected chi connectivity index (χ3v) is 4.12. The summed E-state index contributed by atoms with van der Waals surface area (Å²) in [6.07, 6.45) is 1.66. The van der Waals surface area contributed by atoms with E-state index in [-0.39, 0.29) is 19.2 Å². The lowest BCUT2D eigenvalue weighted by Crippen LogP contribution is -2.08. The number of carboxylic acids is 1. The van der Waals surface area contributed by atoms with E-state index >= 15 is 0 Å². The van der Waals surface area contributed by atoms with E-state index in [2.05, 4.69) is 13.2 Å². The van der Waals surface area contributed by atoms with Crippen molar-refractivity contribution in [3.8, 4) is 28.4 Å². The highest BCUT2D eigenvalue weighted by Crippen LogP contribution is 2.47. The maximum atomic E-state index is 11.3. The second-order valence-corrected chi connectivity index (χ2v) is 5.85. The van der Waals surface area contributed by atoms with Crippen LogP contribution in [-0.2, 0) is 14.3 Å². The predicted molar refractivity (Wildman–Crippen MR) is 110 cm³/mol. The lowest BCUT2D eigenvalue weighted by molar-refractivity contribution is -0.130. The minimum Gasteiger partial charge on any atom is -0.493 e. The van der Waals surface area contributed by atoms with Crippen molar-refractivity contribution in [3.63, 3.8) is 0 Å². The van der Waals surface area contributed by atoms with Gasteiger partial charge in [0.15, 0.2) is 18.3 Å². The van der Waals surface area contributed by atoms with Crippen molar-refractivity contribution in [1.29, 1.82) is 0 Å². The molecule has 2 aromatic carbocycles. The van der Waals surface area contributed by atoms with Gasteiger partial charge in [-0.15, -0.1) is 0 Å². The molecule has 0 spiro atoms. The summed E-state index contributed by atoms with van der Waals surface area (Å²) in [7, 11) is 4.53. The molecule has 29 heavy (non-hydrogen) atoms. The van der Waals surface area contributed by atoms with Gasteiger partial charge in [0.1, 0.15) is 6.79 Å². The Balaban J connectivity index is 2.64. The summed E-state index contributed by atoms with van der Waals surface area (Å²) in [5, 5.41) is 9.25. The van der Waals surface area contributed by atoms with Crippen LogP contribution in [0.25, 0.3) is 22.8 Å². The standard InChI is InChI=1S/C22H24O7/c1-6-15-11-18(26-4)20(29-13-28-12-25-3)21(27-5)19(15)17-9-7-8-16(10-17)14(2)22(23)24/h6-11H,1-2,12-13H2,3-5H3,(H,23,24). The molecule has 0 saturated carbocycles. The molecule has 154 valence electrons. The largest absolute Gasteiger partial charge is 0.493 e. The SMILES string of the molecule is C=Cc1cc(OC)c(OCOCOC)c(OC)c1-c1cccc(C(=C)C(=O)O)c1. The molecule has 0 aliphatic carbocycles. The van der Waals surface area contributed by atoms with Crippen molar-refractivity contribution < 1.29 is 33.6 Å². The molecule has 0 aliphatic heterocycles. The van der Waals surface area contributed by atoms with Gasteiger partial charge in [-0.2, -0.15) is 0 Å². The summed E-state index contributed by atoms with van der Waals surface area (Å²) in [5.74, 6) is 0.0900. The Morgan fingerprint density at radius 1 is 1.10 bits per heavy atom. The first kappa shape index (κ1) is 22.0. The van der Waals surface area contributed by atoms with Crippen molar-refractivity contribution in [2.45, 2.75) is 0 Å². The van der Waals surface area contributed by atoms with Crippen LogP contribution in [0.15, 0.2) is 43.5 Å². The lowest BCUT2D eigenvalue weighted by atomic mass is 9.94. The first-order valence-electron chi connectivity index (χ1n) is 8.62. The van der Waals surface area contributed by atoms with Gasteiger partial charge >= 0.3 is 5.97 Å². The second-order valence-electron chi connectivity index (χ2n) is 5.85. The Hall–Kier alpha value is -3.29. The van der Waals surface area contributed by atoms with E-state index in [4.69, 9.17) is 23.7 Å². The number of rotatable bonds is 11. The monoisotopic (exact) mass is 400 g/mol. The van der Waals surface area contributed by atoms with E-state index < -0.39 is 5.97 Å². The molecule has 0 fully saturated rings. The zero-order valence-electron chi connectivity index (χ0n) is 16.7. The van der Waals surface area contributed by atoms with Crippen molar-refractivity contribution in [3.05, 3.63) is 54.6 Å². The maximum Gasteiger partial charge on any atom is 0.335 e. The fraction of sp³-hybridized carbons (Fsp3) is 0.227. The fourth-order valence-corrected chi connectivity index (χ4v) is 2.78. The van der Waals surface area contributed by atoms with Crippen molar-refractivity contribution in [2.75, 3.05) is 34.9 Å². The van der Waals surface area contributed by atoms with Gasteiger partial charge in [0.2, 0.25) is 5.75 Å². The minimum atomic E-state index is -1.09. The molecular weight excluding hydrogens is 376 g/mol. The van der Waals surface area contributed by atoms with Crippen LogP contribution in [0.1, 0.15) is 11.1 Å². The molecule has 2 rings (SSSR count). The zero-order valence-corrected chi connectivity index (χ0v) is 16.7. The molecule has 0 atom stereocenters. The number of ether oxygens (including phenoxy) is 5. The van der Waals surface area contributed by atoms with E-state index in [9.17, 15) is 9.90 Å². The smallest absolute Gasteiger partial charge is 0.335 e. The quantitative estimate of drug-likeness (QED) is 0.346. The molecule has 0 aromatic heterocycles. The summed E-state index contributed by atoms with van der Waals surface area (Å²) in [6.45, 7) is 7.48. The molecule has 2 aromatic rings. The first-order valence-corrected chi connectivity index (χ1v) is 8.62. The van der Waals surface area contributed by atoms with Crippen LogP contribution >= 0.6 is 0 Å². The Labute approximate surface area is 169 Å². The van der Waals surface area contributed by atoms with E-state index in [1.54, 1.807) is 30.3 Å². The number of benzene rings is 2. The zero-order chi connectivity index (χ0) is 21.4. The van der Waals surface area contributed by atoms with Crippen LogP contribution in [0.4, 0.5) is 0 Å². The topological polar surface area (TPSA) is 83.5 Å². The first-order chi connectivity index (χ1) is 14.0. The summed E-state index contributed by atoms with van der Waals surface area (Å²) >= 11 is 0. The van der Waals surface area contributed by atoms with Crippen LogP contribution in [-0.4, -0.2) is 46.0 Å². The van der Waals surface area contributed by atoms with Gasteiger partial charge in [-0.3, -0.25) is 0 Å². The van der Waals surface area contributed by atoms with Crippen LogP contribution in [0.2, 0.25) is 0 Å². The molecule has 7 heteroatoms. The molecule has 7 nitrogen and oxygen atoms in total. The molecule has 0 unspecified atom stereocenters. The normalized spacial score (nSPS) is 10.3. The Morgan fingerprint density at radius 2 is 1.86 bits per heavy atom. The highest BCUT2D eigenvalue weighted by Gasteiger charge is 2.22. The highest BCUT2D eigenvalue weighted by atomic mass is 16.7.